The van der Waals surface area contributed by atoms with Gasteiger partial charge in [0.1, 0.15) is 11.4 Å². The fourth-order valence-electron chi connectivity index (χ4n) is 2.98. The molecule has 126 valence electrons. The average Bonchev–Trinajstić information content (AvgIpc) is 3.07. The van der Waals surface area contributed by atoms with E-state index in [0.717, 1.165) is 5.69 Å². The van der Waals surface area contributed by atoms with Gasteiger partial charge in [0.25, 0.3) is 11.5 Å². The smallest absolute Gasteiger partial charge is 0.274 e. The third-order valence-corrected chi connectivity index (χ3v) is 4.10. The number of pyridine rings is 1. The van der Waals surface area contributed by atoms with E-state index >= 15 is 0 Å². The molecule has 1 aliphatic heterocycles. The van der Waals surface area contributed by atoms with E-state index in [1.807, 2.05) is 29.7 Å². The summed E-state index contributed by atoms with van der Waals surface area (Å²) in [4.78, 5) is 29.7. The van der Waals surface area contributed by atoms with Crippen LogP contribution in [-0.2, 0) is 6.54 Å². The fourth-order valence-corrected chi connectivity index (χ4v) is 2.98. The standard InChI is InChI=1S/C16H15N7O2/c1-10-8-22(16(25)12-5-6-14(24)20-18-12)9-13-19-21-15(23(10)13)11-4-2-3-7-17-11/h2-7,10H,8-9H2,1H3,(H,20,24)/t10-/m0/s1. The van der Waals surface area contributed by atoms with Crippen LogP contribution in [0.3, 0.4) is 0 Å². The van der Waals surface area contributed by atoms with E-state index in [4.69, 9.17) is 0 Å². The summed E-state index contributed by atoms with van der Waals surface area (Å²) in [7, 11) is 0. The lowest BCUT2D eigenvalue weighted by Gasteiger charge is -2.32. The molecule has 0 saturated carbocycles. The lowest BCUT2D eigenvalue weighted by atomic mass is 10.2. The van der Waals surface area contributed by atoms with E-state index in [1.54, 1.807) is 11.1 Å². The van der Waals surface area contributed by atoms with Gasteiger partial charge >= 0.3 is 0 Å². The molecule has 0 aromatic carbocycles. The first-order chi connectivity index (χ1) is 12.1. The zero-order valence-electron chi connectivity index (χ0n) is 13.5. The zero-order chi connectivity index (χ0) is 17.4. The van der Waals surface area contributed by atoms with Gasteiger partial charge < -0.3 is 9.47 Å². The second kappa shape index (κ2) is 5.93. The summed E-state index contributed by atoms with van der Waals surface area (Å²) in [6, 6.07) is 8.32. The number of nitrogens with zero attached hydrogens (tertiary/aromatic N) is 6. The fraction of sp³-hybridized carbons (Fsp3) is 0.250. The van der Waals surface area contributed by atoms with E-state index in [-0.39, 0.29) is 23.2 Å². The van der Waals surface area contributed by atoms with Gasteiger partial charge in [-0.25, -0.2) is 5.10 Å². The Balaban J connectivity index is 1.64. The largest absolute Gasteiger partial charge is 0.328 e. The Hall–Kier alpha value is -3.36. The van der Waals surface area contributed by atoms with Crippen LogP contribution in [0.5, 0.6) is 0 Å². The van der Waals surface area contributed by atoms with Crippen molar-refractivity contribution in [1.82, 2.24) is 34.8 Å². The Morgan fingerprint density at radius 3 is 2.84 bits per heavy atom. The van der Waals surface area contributed by atoms with Gasteiger partial charge in [-0.05, 0) is 25.1 Å². The van der Waals surface area contributed by atoms with Gasteiger partial charge in [-0.3, -0.25) is 14.6 Å². The molecule has 1 atom stereocenters. The topological polar surface area (TPSA) is 110 Å². The summed E-state index contributed by atoms with van der Waals surface area (Å²) >= 11 is 0. The Labute approximate surface area is 142 Å². The Bertz CT molecular complexity index is 959. The number of hydrogen-bond acceptors (Lipinski definition) is 6. The van der Waals surface area contributed by atoms with Gasteiger partial charge in [-0.15, -0.1) is 10.2 Å². The van der Waals surface area contributed by atoms with Crippen LogP contribution in [0.2, 0.25) is 0 Å². The molecule has 0 spiro atoms. The third-order valence-electron chi connectivity index (χ3n) is 4.10. The average molecular weight is 337 g/mol. The molecule has 0 saturated heterocycles. The van der Waals surface area contributed by atoms with E-state index in [0.29, 0.717) is 24.7 Å². The molecule has 9 heteroatoms. The highest BCUT2D eigenvalue weighted by atomic mass is 16.2. The zero-order valence-corrected chi connectivity index (χ0v) is 13.5. The van der Waals surface area contributed by atoms with Crippen LogP contribution >= 0.6 is 0 Å². The minimum Gasteiger partial charge on any atom is -0.328 e. The summed E-state index contributed by atoms with van der Waals surface area (Å²) in [6.07, 6.45) is 1.71. The third kappa shape index (κ3) is 2.69. The molecule has 0 aliphatic carbocycles. The molecule has 0 bridgehead atoms. The second-order valence-electron chi connectivity index (χ2n) is 5.87. The maximum Gasteiger partial charge on any atom is 0.274 e. The monoisotopic (exact) mass is 337 g/mol. The van der Waals surface area contributed by atoms with E-state index in [2.05, 4.69) is 25.4 Å². The molecule has 25 heavy (non-hydrogen) atoms. The molecular weight excluding hydrogens is 322 g/mol. The number of hydrogen-bond donors (Lipinski definition) is 1. The molecule has 1 N–H and O–H groups in total. The van der Waals surface area contributed by atoms with Gasteiger partial charge in [0, 0.05) is 18.8 Å². The van der Waals surface area contributed by atoms with Gasteiger partial charge in [0.15, 0.2) is 11.6 Å². The predicted octanol–water partition coefficient (Wildman–Crippen LogP) is 0.640. The van der Waals surface area contributed by atoms with Crippen molar-refractivity contribution >= 4 is 5.91 Å². The van der Waals surface area contributed by atoms with Crippen molar-refractivity contribution in [2.24, 2.45) is 0 Å². The van der Waals surface area contributed by atoms with E-state index < -0.39 is 0 Å². The summed E-state index contributed by atoms with van der Waals surface area (Å²) in [6.45, 7) is 2.81. The maximum absolute atomic E-state index is 12.6. The summed E-state index contributed by atoms with van der Waals surface area (Å²) in [5, 5.41) is 14.6. The highest BCUT2D eigenvalue weighted by Crippen LogP contribution is 2.26. The first-order valence-electron chi connectivity index (χ1n) is 7.83. The van der Waals surface area contributed by atoms with Crippen LogP contribution < -0.4 is 5.56 Å². The van der Waals surface area contributed by atoms with Crippen LogP contribution in [0.4, 0.5) is 0 Å². The van der Waals surface area contributed by atoms with Crippen molar-refractivity contribution in [3.8, 4) is 11.5 Å². The van der Waals surface area contributed by atoms with Crippen molar-refractivity contribution in [2.45, 2.75) is 19.5 Å². The van der Waals surface area contributed by atoms with Gasteiger partial charge in [-0.2, -0.15) is 5.10 Å². The number of carbonyl (C=O) groups excluding carboxylic acids is 1. The number of carbonyl (C=O) groups is 1. The SMILES string of the molecule is C[C@H]1CN(C(=O)c2ccc(=O)[nH]n2)Cc2nnc(-c3ccccn3)n21. The lowest BCUT2D eigenvalue weighted by molar-refractivity contribution is 0.0674. The van der Waals surface area contributed by atoms with Crippen LogP contribution in [-0.4, -0.2) is 47.3 Å². The molecule has 3 aromatic rings. The molecule has 4 heterocycles. The normalized spacial score (nSPS) is 16.5. The lowest BCUT2D eigenvalue weighted by Crippen LogP contribution is -2.41. The summed E-state index contributed by atoms with van der Waals surface area (Å²) in [5.74, 6) is 1.13. The quantitative estimate of drug-likeness (QED) is 0.735. The first kappa shape index (κ1) is 15.2. The highest BCUT2D eigenvalue weighted by molar-refractivity contribution is 5.92. The summed E-state index contributed by atoms with van der Waals surface area (Å²) < 4.78 is 2.01. The molecule has 1 aliphatic rings. The van der Waals surface area contributed by atoms with Crippen molar-refractivity contribution in [1.29, 1.82) is 0 Å². The molecule has 4 rings (SSSR count). The number of rotatable bonds is 2. The minimum atomic E-state index is -0.344. The van der Waals surface area contributed by atoms with Crippen LogP contribution in [0, 0.1) is 0 Å². The second-order valence-corrected chi connectivity index (χ2v) is 5.87. The Morgan fingerprint density at radius 1 is 1.24 bits per heavy atom. The Kier molecular flexibility index (Phi) is 3.60. The maximum atomic E-state index is 12.6. The number of aromatic nitrogens is 6. The highest BCUT2D eigenvalue weighted by Gasteiger charge is 2.30. The minimum absolute atomic E-state index is 0.0116. The summed E-state index contributed by atoms with van der Waals surface area (Å²) in [5.41, 5.74) is 0.600. The molecule has 0 radical (unpaired) electrons. The molecule has 3 aromatic heterocycles. The van der Waals surface area contributed by atoms with Gasteiger partial charge in [0.2, 0.25) is 0 Å². The molecular formula is C16H15N7O2. The molecule has 9 nitrogen and oxygen atoms in total. The van der Waals surface area contributed by atoms with Crippen LogP contribution in [0.25, 0.3) is 11.5 Å². The number of aromatic amines is 1. The number of amides is 1. The van der Waals surface area contributed by atoms with Crippen molar-refractivity contribution in [3.63, 3.8) is 0 Å². The van der Waals surface area contributed by atoms with E-state index in [9.17, 15) is 9.59 Å². The van der Waals surface area contributed by atoms with Gasteiger partial charge in [0.05, 0.1) is 12.6 Å². The van der Waals surface area contributed by atoms with Crippen molar-refractivity contribution in [2.75, 3.05) is 6.54 Å². The predicted molar refractivity (Wildman–Crippen MR) is 87.6 cm³/mol. The number of fused-ring (bicyclic) bond motifs is 1. The van der Waals surface area contributed by atoms with Crippen LogP contribution in [0.1, 0.15) is 29.3 Å². The first-order valence-corrected chi connectivity index (χ1v) is 7.83. The number of H-pyrrole nitrogens is 1. The van der Waals surface area contributed by atoms with Crippen LogP contribution in [0.15, 0.2) is 41.3 Å². The molecule has 1 amide bonds. The van der Waals surface area contributed by atoms with Crippen molar-refractivity contribution < 1.29 is 4.79 Å². The molecule has 0 fully saturated rings. The molecule has 0 unspecified atom stereocenters. The van der Waals surface area contributed by atoms with Gasteiger partial charge in [-0.1, -0.05) is 6.07 Å². The van der Waals surface area contributed by atoms with E-state index in [1.165, 1.54) is 12.1 Å². The number of nitrogens with one attached hydrogen (secondary N) is 1. The van der Waals surface area contributed by atoms with Crippen molar-refractivity contribution in [3.05, 3.63) is 58.4 Å². The Morgan fingerprint density at radius 2 is 2.12 bits per heavy atom.